The molecule has 0 fully saturated rings. The van der Waals surface area contributed by atoms with Crippen molar-refractivity contribution < 1.29 is 0 Å². The minimum atomic E-state index is 0.0686. The summed E-state index contributed by atoms with van der Waals surface area (Å²) in [6.07, 6.45) is 7.15. The Kier molecular flexibility index (Phi) is 8.12. The van der Waals surface area contributed by atoms with Gasteiger partial charge in [-0.3, -0.25) is 0 Å². The zero-order chi connectivity index (χ0) is 37.4. The maximum atomic E-state index is 2.66. The number of hydrogen-bond acceptors (Lipinski definition) is 2. The van der Waals surface area contributed by atoms with Crippen LogP contribution in [0.25, 0.3) is 16.7 Å². The number of benzene rings is 6. The van der Waals surface area contributed by atoms with Crippen molar-refractivity contribution in [3.05, 3.63) is 180 Å². The molecule has 2 atom stereocenters. The van der Waals surface area contributed by atoms with Crippen LogP contribution in [0.4, 0.5) is 28.4 Å². The lowest BCUT2D eigenvalue weighted by atomic mass is 9.27. The second-order valence-electron chi connectivity index (χ2n) is 17.5. The first-order valence-electron chi connectivity index (χ1n) is 19.6. The highest BCUT2D eigenvalue weighted by molar-refractivity contribution is 6.93. The summed E-state index contributed by atoms with van der Waals surface area (Å²) >= 11 is 0. The molecule has 1 aliphatic carbocycles. The molecule has 0 saturated carbocycles. The molecule has 0 saturated heterocycles. The lowest BCUT2D eigenvalue weighted by Crippen LogP contribution is -2.62. The van der Waals surface area contributed by atoms with E-state index in [1.54, 1.807) is 0 Å². The van der Waals surface area contributed by atoms with Crippen molar-refractivity contribution >= 4 is 51.6 Å². The van der Waals surface area contributed by atoms with Gasteiger partial charge in [0.05, 0.1) is 6.04 Å². The molecule has 6 aromatic rings. The van der Waals surface area contributed by atoms with Gasteiger partial charge in [-0.15, -0.1) is 0 Å². The Labute approximate surface area is 322 Å². The van der Waals surface area contributed by atoms with Gasteiger partial charge in [0.1, 0.15) is 0 Å². The molecule has 2 nitrogen and oxygen atoms in total. The van der Waals surface area contributed by atoms with Crippen molar-refractivity contribution in [3.8, 4) is 11.1 Å². The van der Waals surface area contributed by atoms with Gasteiger partial charge in [0.25, 0.3) is 0 Å². The van der Waals surface area contributed by atoms with Crippen LogP contribution in [0.3, 0.4) is 0 Å². The van der Waals surface area contributed by atoms with E-state index in [2.05, 4.69) is 216 Å². The topological polar surface area (TPSA) is 6.48 Å². The average molecular weight is 701 g/mol. The lowest BCUT2D eigenvalue weighted by molar-refractivity contribution is 0.590. The summed E-state index contributed by atoms with van der Waals surface area (Å²) < 4.78 is 0. The molecule has 266 valence electrons. The Hall–Kier alpha value is -5.54. The Morgan fingerprint density at radius 2 is 1.11 bits per heavy atom. The first-order chi connectivity index (χ1) is 26.0. The van der Waals surface area contributed by atoms with E-state index in [4.69, 9.17) is 0 Å². The SMILES string of the molecule is Cc1cc2c3c(c1)N(c1ccc(C(C)(C)C)cc1)C1C=CC=C(c4ccccc4)C1B3c1c(-c3ccccc3)cccc1N2c1ccc(C(C)(C)C)cc1. The van der Waals surface area contributed by atoms with Crippen LogP contribution >= 0.6 is 0 Å². The maximum Gasteiger partial charge on any atom is 0.228 e. The van der Waals surface area contributed by atoms with E-state index in [-0.39, 0.29) is 29.4 Å². The molecule has 0 bridgehead atoms. The third kappa shape index (κ3) is 5.64. The van der Waals surface area contributed by atoms with Crippen LogP contribution in [0.2, 0.25) is 5.82 Å². The number of aryl methyl sites for hydroxylation is 1. The largest absolute Gasteiger partial charge is 0.335 e. The van der Waals surface area contributed by atoms with Gasteiger partial charge in [0.15, 0.2) is 0 Å². The van der Waals surface area contributed by atoms with E-state index < -0.39 is 0 Å². The summed E-state index contributed by atoms with van der Waals surface area (Å²) in [5.41, 5.74) is 18.4. The van der Waals surface area contributed by atoms with Crippen LogP contribution in [-0.4, -0.2) is 12.8 Å². The molecular weight excluding hydrogens is 651 g/mol. The molecule has 0 spiro atoms. The van der Waals surface area contributed by atoms with E-state index in [1.807, 2.05) is 0 Å². The van der Waals surface area contributed by atoms with Crippen molar-refractivity contribution in [1.29, 1.82) is 0 Å². The first kappa shape index (κ1) is 34.2. The molecule has 3 heteroatoms. The molecule has 6 aromatic carbocycles. The Morgan fingerprint density at radius 3 is 1.72 bits per heavy atom. The summed E-state index contributed by atoms with van der Waals surface area (Å²) in [7, 11) is 0. The van der Waals surface area contributed by atoms with Crippen LogP contribution < -0.4 is 20.7 Å². The molecule has 0 radical (unpaired) electrons. The Morgan fingerprint density at radius 1 is 0.537 bits per heavy atom. The van der Waals surface area contributed by atoms with E-state index in [9.17, 15) is 0 Å². The third-order valence-corrected chi connectivity index (χ3v) is 11.9. The van der Waals surface area contributed by atoms with Gasteiger partial charge in [-0.2, -0.15) is 0 Å². The van der Waals surface area contributed by atoms with Gasteiger partial charge in [0.2, 0.25) is 6.71 Å². The highest BCUT2D eigenvalue weighted by Gasteiger charge is 2.52. The molecule has 3 aliphatic rings. The number of nitrogens with zero attached hydrogens (tertiary/aromatic N) is 2. The maximum absolute atomic E-state index is 2.66. The number of hydrogen-bond donors (Lipinski definition) is 0. The summed E-state index contributed by atoms with van der Waals surface area (Å²) in [5, 5.41) is 0. The van der Waals surface area contributed by atoms with E-state index in [0.29, 0.717) is 0 Å². The minimum absolute atomic E-state index is 0.0686. The normalized spacial score (nSPS) is 17.5. The van der Waals surface area contributed by atoms with Gasteiger partial charge >= 0.3 is 0 Å². The van der Waals surface area contributed by atoms with Crippen molar-refractivity contribution in [2.24, 2.45) is 0 Å². The van der Waals surface area contributed by atoms with E-state index in [0.717, 1.165) is 0 Å². The van der Waals surface area contributed by atoms with Crippen molar-refractivity contribution in [3.63, 3.8) is 0 Å². The number of anilines is 5. The summed E-state index contributed by atoms with van der Waals surface area (Å²) in [5.74, 6) is 0.155. The molecule has 2 aliphatic heterocycles. The molecule has 2 heterocycles. The van der Waals surface area contributed by atoms with Gasteiger partial charge < -0.3 is 9.80 Å². The van der Waals surface area contributed by atoms with E-state index >= 15 is 0 Å². The van der Waals surface area contributed by atoms with Gasteiger partial charge in [0, 0.05) is 28.4 Å². The zero-order valence-corrected chi connectivity index (χ0v) is 32.6. The monoisotopic (exact) mass is 700 g/mol. The molecule has 0 amide bonds. The number of allylic oxidation sites excluding steroid dienone is 2. The van der Waals surface area contributed by atoms with Crippen LogP contribution in [0.5, 0.6) is 0 Å². The lowest BCUT2D eigenvalue weighted by Gasteiger charge is -2.52. The Balaban J connectivity index is 1.37. The minimum Gasteiger partial charge on any atom is -0.335 e. The van der Waals surface area contributed by atoms with Crippen molar-refractivity contribution in [1.82, 2.24) is 0 Å². The fraction of sp³-hybridized carbons (Fsp3) is 0.216. The fourth-order valence-corrected chi connectivity index (χ4v) is 9.25. The second-order valence-corrected chi connectivity index (χ2v) is 17.5. The summed E-state index contributed by atoms with van der Waals surface area (Å²) in [6.45, 7) is 16.1. The smallest absolute Gasteiger partial charge is 0.228 e. The van der Waals surface area contributed by atoms with Crippen LogP contribution in [-0.2, 0) is 10.8 Å². The highest BCUT2D eigenvalue weighted by Crippen LogP contribution is 2.52. The van der Waals surface area contributed by atoms with Crippen LogP contribution in [0, 0.1) is 6.92 Å². The molecule has 2 unspecified atom stereocenters. The van der Waals surface area contributed by atoms with Crippen LogP contribution in [0.15, 0.2) is 158 Å². The quantitative estimate of drug-likeness (QED) is 0.169. The highest BCUT2D eigenvalue weighted by atomic mass is 15.2. The van der Waals surface area contributed by atoms with Gasteiger partial charge in [-0.1, -0.05) is 157 Å². The molecule has 9 rings (SSSR count). The van der Waals surface area contributed by atoms with Crippen LogP contribution in [0.1, 0.15) is 63.8 Å². The predicted molar refractivity (Wildman–Crippen MR) is 233 cm³/mol. The zero-order valence-electron chi connectivity index (χ0n) is 32.6. The molecule has 0 aromatic heterocycles. The van der Waals surface area contributed by atoms with Gasteiger partial charge in [-0.05, 0) is 116 Å². The second kappa shape index (κ2) is 12.8. The number of fused-ring (bicyclic) bond motifs is 4. The third-order valence-electron chi connectivity index (χ3n) is 11.9. The van der Waals surface area contributed by atoms with Crippen molar-refractivity contribution in [2.75, 3.05) is 9.80 Å². The predicted octanol–water partition coefficient (Wildman–Crippen LogP) is 12.2. The summed E-state index contributed by atoms with van der Waals surface area (Å²) in [4.78, 5) is 5.21. The standard InChI is InChI=1S/C51H49BN2/c1-34-32-45-49-46(33-34)54(40-30-26-38(27-31-40)51(5,6)7)44-23-15-21-42(36-18-12-9-13-19-36)48(44)52(49)47-41(35-16-10-8-11-17-35)20-14-22-43(47)53(45)39-28-24-37(25-29-39)50(2,3)4/h8-33,43,47H,1-7H3. The van der Waals surface area contributed by atoms with E-state index in [1.165, 1.54) is 78.3 Å². The first-order valence-corrected chi connectivity index (χ1v) is 19.6. The molecule has 54 heavy (non-hydrogen) atoms. The Bertz CT molecular complexity index is 2410. The van der Waals surface area contributed by atoms with Gasteiger partial charge in [-0.25, -0.2) is 0 Å². The fourth-order valence-electron chi connectivity index (χ4n) is 9.25. The molecular formula is C51H49BN2. The molecule has 0 N–H and O–H groups in total. The average Bonchev–Trinajstić information content (AvgIpc) is 3.17. The number of rotatable bonds is 4. The summed E-state index contributed by atoms with van der Waals surface area (Å²) in [6, 6.07) is 52.8. The van der Waals surface area contributed by atoms with Crippen molar-refractivity contribution in [2.45, 2.75) is 71.2 Å².